The first kappa shape index (κ1) is 14.6. The molecular weight excluding hydrogens is 316 g/mol. The van der Waals surface area contributed by atoms with Crippen molar-refractivity contribution >= 4 is 33.2 Å². The molecule has 2 aromatic carbocycles. The molecule has 2 aromatic rings. The summed E-state index contributed by atoms with van der Waals surface area (Å²) in [4.78, 5) is 12.4. The molecule has 104 valence electrons. The Balaban J connectivity index is 2.27. The second kappa shape index (κ2) is 6.09. The number of hydrogen-bond acceptors (Lipinski definition) is 2. The van der Waals surface area contributed by atoms with Crippen molar-refractivity contribution in [2.45, 2.75) is 13.8 Å². The Bertz CT molecular complexity index is 653. The van der Waals surface area contributed by atoms with Crippen LogP contribution in [0.15, 0.2) is 40.9 Å². The van der Waals surface area contributed by atoms with Gasteiger partial charge in [0.15, 0.2) is 0 Å². The van der Waals surface area contributed by atoms with Crippen molar-refractivity contribution in [3.8, 4) is 0 Å². The fraction of sp³-hybridized carbons (Fsp3) is 0.188. The molecule has 0 aliphatic rings. The number of anilines is 2. The number of nitrogens with one attached hydrogen (secondary N) is 2. The molecule has 0 spiro atoms. The summed E-state index contributed by atoms with van der Waals surface area (Å²) in [5.74, 6) is -0.117. The predicted molar refractivity (Wildman–Crippen MR) is 87.6 cm³/mol. The van der Waals surface area contributed by atoms with Crippen LogP contribution in [0.4, 0.5) is 11.4 Å². The molecule has 3 nitrogen and oxygen atoms in total. The summed E-state index contributed by atoms with van der Waals surface area (Å²) in [6, 6.07) is 11.5. The summed E-state index contributed by atoms with van der Waals surface area (Å²) >= 11 is 3.47. The van der Waals surface area contributed by atoms with Crippen molar-refractivity contribution in [3.63, 3.8) is 0 Å². The second-order valence-corrected chi connectivity index (χ2v) is 5.57. The Morgan fingerprint density at radius 3 is 2.50 bits per heavy atom. The van der Waals surface area contributed by atoms with E-state index >= 15 is 0 Å². The van der Waals surface area contributed by atoms with Gasteiger partial charge in [-0.2, -0.15) is 0 Å². The Kier molecular flexibility index (Phi) is 4.45. The van der Waals surface area contributed by atoms with Crippen LogP contribution in [0.1, 0.15) is 21.5 Å². The van der Waals surface area contributed by atoms with Gasteiger partial charge in [-0.05, 0) is 43.7 Å². The van der Waals surface area contributed by atoms with E-state index in [1.54, 1.807) is 0 Å². The third-order valence-electron chi connectivity index (χ3n) is 3.12. The minimum Gasteiger partial charge on any atom is -0.387 e. The van der Waals surface area contributed by atoms with Crippen LogP contribution in [0.3, 0.4) is 0 Å². The zero-order chi connectivity index (χ0) is 14.7. The average molecular weight is 333 g/mol. The summed E-state index contributed by atoms with van der Waals surface area (Å²) in [5.41, 5.74) is 4.42. The van der Waals surface area contributed by atoms with Crippen LogP contribution < -0.4 is 10.6 Å². The second-order valence-electron chi connectivity index (χ2n) is 4.72. The minimum absolute atomic E-state index is 0.117. The standard InChI is InChI=1S/C16H17BrN2O/c1-10-4-7-15(18-3)13(8-10)16(20)19-12-6-5-11(2)14(17)9-12/h4-9,18H,1-3H3,(H,19,20). The van der Waals surface area contributed by atoms with E-state index in [-0.39, 0.29) is 5.91 Å². The van der Waals surface area contributed by atoms with Gasteiger partial charge < -0.3 is 10.6 Å². The summed E-state index contributed by atoms with van der Waals surface area (Å²) in [7, 11) is 1.81. The molecule has 0 bridgehead atoms. The molecular formula is C16H17BrN2O. The Hall–Kier alpha value is -1.81. The van der Waals surface area contributed by atoms with Gasteiger partial charge in [0.05, 0.1) is 5.56 Å². The Morgan fingerprint density at radius 1 is 1.10 bits per heavy atom. The van der Waals surface area contributed by atoms with Crippen molar-refractivity contribution in [2.24, 2.45) is 0 Å². The smallest absolute Gasteiger partial charge is 0.257 e. The molecule has 0 fully saturated rings. The highest BCUT2D eigenvalue weighted by Crippen LogP contribution is 2.23. The van der Waals surface area contributed by atoms with E-state index in [2.05, 4.69) is 26.6 Å². The lowest BCUT2D eigenvalue weighted by atomic mass is 10.1. The van der Waals surface area contributed by atoms with Gasteiger partial charge in [-0.15, -0.1) is 0 Å². The molecule has 20 heavy (non-hydrogen) atoms. The third kappa shape index (κ3) is 3.20. The molecule has 0 unspecified atom stereocenters. The third-order valence-corrected chi connectivity index (χ3v) is 3.97. The van der Waals surface area contributed by atoms with Crippen LogP contribution in [0.25, 0.3) is 0 Å². The van der Waals surface area contributed by atoms with E-state index in [0.29, 0.717) is 5.56 Å². The molecule has 0 aromatic heterocycles. The molecule has 1 amide bonds. The summed E-state index contributed by atoms with van der Waals surface area (Å²) in [6.45, 7) is 3.98. The summed E-state index contributed by atoms with van der Waals surface area (Å²) < 4.78 is 0.980. The van der Waals surface area contributed by atoms with Gasteiger partial charge in [-0.25, -0.2) is 0 Å². The molecule has 4 heteroatoms. The number of aryl methyl sites for hydroxylation is 2. The van der Waals surface area contributed by atoms with E-state index in [1.807, 2.05) is 57.3 Å². The number of benzene rings is 2. The van der Waals surface area contributed by atoms with Gasteiger partial charge in [-0.1, -0.05) is 33.6 Å². The van der Waals surface area contributed by atoms with Crippen LogP contribution in [0.2, 0.25) is 0 Å². The van der Waals surface area contributed by atoms with Crippen LogP contribution in [0.5, 0.6) is 0 Å². The minimum atomic E-state index is -0.117. The number of amides is 1. The quantitative estimate of drug-likeness (QED) is 0.876. The monoisotopic (exact) mass is 332 g/mol. The maximum Gasteiger partial charge on any atom is 0.257 e. The maximum atomic E-state index is 12.4. The SMILES string of the molecule is CNc1ccc(C)cc1C(=O)Nc1ccc(C)c(Br)c1. The first-order chi connectivity index (χ1) is 9.51. The number of carbonyl (C=O) groups is 1. The van der Waals surface area contributed by atoms with E-state index in [0.717, 1.165) is 27.0 Å². The lowest BCUT2D eigenvalue weighted by Crippen LogP contribution is -2.14. The lowest BCUT2D eigenvalue weighted by Gasteiger charge is -2.11. The lowest BCUT2D eigenvalue weighted by molar-refractivity contribution is 0.102. The highest BCUT2D eigenvalue weighted by molar-refractivity contribution is 9.10. The number of halogens is 1. The van der Waals surface area contributed by atoms with Gasteiger partial charge in [0.2, 0.25) is 0 Å². The van der Waals surface area contributed by atoms with E-state index < -0.39 is 0 Å². The van der Waals surface area contributed by atoms with Gasteiger partial charge in [0, 0.05) is 22.9 Å². The zero-order valence-corrected chi connectivity index (χ0v) is 13.3. The summed E-state index contributed by atoms with van der Waals surface area (Å²) in [6.07, 6.45) is 0. The maximum absolute atomic E-state index is 12.4. The van der Waals surface area contributed by atoms with Crippen molar-refractivity contribution in [3.05, 3.63) is 57.6 Å². The van der Waals surface area contributed by atoms with Gasteiger partial charge >= 0.3 is 0 Å². The van der Waals surface area contributed by atoms with E-state index in [9.17, 15) is 4.79 Å². The number of hydrogen-bond donors (Lipinski definition) is 2. The molecule has 2 N–H and O–H groups in total. The van der Waals surface area contributed by atoms with Crippen LogP contribution in [0, 0.1) is 13.8 Å². The highest BCUT2D eigenvalue weighted by atomic mass is 79.9. The zero-order valence-electron chi connectivity index (χ0n) is 11.8. The number of carbonyl (C=O) groups excluding carboxylic acids is 1. The molecule has 0 saturated carbocycles. The molecule has 0 radical (unpaired) electrons. The van der Waals surface area contributed by atoms with Gasteiger partial charge in [0.25, 0.3) is 5.91 Å². The van der Waals surface area contributed by atoms with E-state index in [1.165, 1.54) is 0 Å². The van der Waals surface area contributed by atoms with Crippen LogP contribution in [-0.4, -0.2) is 13.0 Å². The number of rotatable bonds is 3. The molecule has 0 aliphatic heterocycles. The van der Waals surface area contributed by atoms with Gasteiger partial charge in [-0.3, -0.25) is 4.79 Å². The van der Waals surface area contributed by atoms with Crippen molar-refractivity contribution in [1.29, 1.82) is 0 Å². The van der Waals surface area contributed by atoms with Crippen molar-refractivity contribution in [1.82, 2.24) is 0 Å². The van der Waals surface area contributed by atoms with Crippen molar-refractivity contribution in [2.75, 3.05) is 17.7 Å². The largest absolute Gasteiger partial charge is 0.387 e. The van der Waals surface area contributed by atoms with Crippen molar-refractivity contribution < 1.29 is 4.79 Å². The van der Waals surface area contributed by atoms with Crippen LogP contribution >= 0.6 is 15.9 Å². The first-order valence-corrected chi connectivity index (χ1v) is 7.16. The highest BCUT2D eigenvalue weighted by Gasteiger charge is 2.11. The molecule has 2 rings (SSSR count). The normalized spacial score (nSPS) is 10.2. The summed E-state index contributed by atoms with van der Waals surface area (Å²) in [5, 5.41) is 5.96. The fourth-order valence-corrected chi connectivity index (χ4v) is 2.31. The molecule has 0 atom stereocenters. The Labute approximate surface area is 127 Å². The van der Waals surface area contributed by atoms with Gasteiger partial charge in [0.1, 0.15) is 0 Å². The molecule has 0 saturated heterocycles. The fourth-order valence-electron chi connectivity index (χ4n) is 1.93. The topological polar surface area (TPSA) is 41.1 Å². The van der Waals surface area contributed by atoms with Crippen LogP contribution in [-0.2, 0) is 0 Å². The molecule has 0 heterocycles. The first-order valence-electron chi connectivity index (χ1n) is 6.37. The Morgan fingerprint density at radius 2 is 1.85 bits per heavy atom. The molecule has 0 aliphatic carbocycles. The average Bonchev–Trinajstić information content (AvgIpc) is 2.43. The predicted octanol–water partition coefficient (Wildman–Crippen LogP) is 4.36. The van der Waals surface area contributed by atoms with E-state index in [4.69, 9.17) is 0 Å².